The first-order valence-electron chi connectivity index (χ1n) is 2.76. The highest BCUT2D eigenvalue weighted by molar-refractivity contribution is 5.81. The van der Waals surface area contributed by atoms with Crippen LogP contribution in [0.1, 0.15) is 28.2 Å². The third-order valence-corrected chi connectivity index (χ3v) is 0.311. The monoisotopic (exact) mass is 160 g/mol. The van der Waals surface area contributed by atoms with E-state index < -0.39 is 0 Å². The fourth-order valence-electron chi connectivity index (χ4n) is 0.182. The molecule has 66 valence electrons. The van der Waals surface area contributed by atoms with Crippen LogP contribution < -0.4 is 5.73 Å². The van der Waals surface area contributed by atoms with Crippen molar-refractivity contribution in [2.45, 2.75) is 28.2 Å². The molecule has 0 aliphatic carbocycles. The van der Waals surface area contributed by atoms with Gasteiger partial charge in [-0.2, -0.15) is 0 Å². The molecule has 0 atom stereocenters. The van der Waals surface area contributed by atoms with Crippen LogP contribution in [0.5, 0.6) is 0 Å². The molecule has 0 aliphatic rings. The number of carbonyl (C=O) groups excluding carboxylic acids is 2. The van der Waals surface area contributed by atoms with E-state index in [4.69, 9.17) is 0 Å². The Morgan fingerprint density at radius 3 is 1.64 bits per heavy atom. The number of amides is 2. The van der Waals surface area contributed by atoms with Crippen LogP contribution in [0.25, 0.3) is 0 Å². The zero-order valence-corrected chi connectivity index (χ0v) is 6.42. The van der Waals surface area contributed by atoms with Gasteiger partial charge in [0.05, 0.1) is 0 Å². The number of rotatable bonds is 0. The molecule has 0 heterocycles. The zero-order chi connectivity index (χ0) is 8.57. The number of hydrogen-bond donors (Lipinski definition) is 1. The van der Waals surface area contributed by atoms with E-state index >= 15 is 0 Å². The highest BCUT2D eigenvalue weighted by atomic mass is 16.1. The maximum absolute atomic E-state index is 9.85. The quantitative estimate of drug-likeness (QED) is 0.531. The molecule has 0 unspecified atom stereocenters. The Balaban J connectivity index is -0.000000114. The first-order chi connectivity index (χ1) is 4.50. The van der Waals surface area contributed by atoms with Crippen molar-refractivity contribution in [2.75, 3.05) is 0 Å². The van der Waals surface area contributed by atoms with E-state index in [1.54, 1.807) is 6.92 Å². The number of nitrogens with two attached hydrogens (primary N) is 1. The Labute approximate surface area is 67.5 Å². The van der Waals surface area contributed by atoms with E-state index in [1.807, 2.05) is 0 Å². The maximum atomic E-state index is 9.85. The Kier molecular flexibility index (Phi) is 17.3. The summed E-state index contributed by atoms with van der Waals surface area (Å²) in [7, 11) is 0. The summed E-state index contributed by atoms with van der Waals surface area (Å²) in [5, 5.41) is 0. The van der Waals surface area contributed by atoms with Gasteiger partial charge in [-0.15, -0.1) is 0 Å². The van der Waals surface area contributed by atoms with Gasteiger partial charge < -0.3 is 5.73 Å². The van der Waals surface area contributed by atoms with Crippen LogP contribution in [0.3, 0.4) is 0 Å². The summed E-state index contributed by atoms with van der Waals surface area (Å²) in [6.07, 6.45) is 1.47. The third kappa shape index (κ3) is 125. The second kappa shape index (κ2) is 11.6. The average Bonchev–Trinajstić information content (AvgIpc) is 1.62. The molecule has 0 spiro atoms. The molecule has 0 aromatic carbocycles. The fraction of sp³-hybridized carbons (Fsp3) is 0.571. The van der Waals surface area contributed by atoms with Crippen molar-refractivity contribution in [1.29, 1.82) is 0 Å². The molecule has 11 heavy (non-hydrogen) atoms. The summed E-state index contributed by atoms with van der Waals surface area (Å²) >= 11 is 0. The van der Waals surface area contributed by atoms with Gasteiger partial charge in [-0.1, -0.05) is 7.43 Å². The fourth-order valence-corrected chi connectivity index (χ4v) is 0.182. The molecule has 0 aromatic rings. The van der Waals surface area contributed by atoms with Crippen molar-refractivity contribution >= 4 is 18.0 Å². The number of nitrogens with zero attached hydrogens (tertiary/aromatic N) is 1. The average molecular weight is 160 g/mol. The van der Waals surface area contributed by atoms with E-state index in [9.17, 15) is 9.59 Å². The number of hydrogen-bond acceptors (Lipinski definition) is 2. The normalized spacial score (nSPS) is 7.55. The molecule has 0 bridgehead atoms. The van der Waals surface area contributed by atoms with Gasteiger partial charge in [0.25, 0.3) is 0 Å². The number of carbonyl (C=O) groups is 2. The van der Waals surface area contributed by atoms with Gasteiger partial charge in [0.1, 0.15) is 0 Å². The summed E-state index contributed by atoms with van der Waals surface area (Å²) in [5.74, 6) is -0.475. The predicted octanol–water partition coefficient (Wildman–Crippen LogP) is 0.751. The molecule has 0 saturated heterocycles. The lowest BCUT2D eigenvalue weighted by Crippen LogP contribution is -2.01. The van der Waals surface area contributed by atoms with Gasteiger partial charge in [0.2, 0.25) is 11.8 Å². The van der Waals surface area contributed by atoms with Crippen molar-refractivity contribution in [2.24, 2.45) is 10.7 Å². The van der Waals surface area contributed by atoms with Gasteiger partial charge in [-0.05, 0) is 6.92 Å². The summed E-state index contributed by atoms with van der Waals surface area (Å²) in [6, 6.07) is 0. The number of aliphatic imine (C=N–C) groups is 1. The lowest BCUT2D eigenvalue weighted by molar-refractivity contribution is -0.116. The summed E-state index contributed by atoms with van der Waals surface area (Å²) in [4.78, 5) is 22.4. The van der Waals surface area contributed by atoms with Gasteiger partial charge in [-0.25, -0.2) is 4.99 Å². The van der Waals surface area contributed by atoms with Gasteiger partial charge in [0, 0.05) is 20.1 Å². The minimum absolute atomic E-state index is 0. The molecule has 0 rings (SSSR count). The van der Waals surface area contributed by atoms with Crippen LogP contribution in [-0.2, 0) is 9.59 Å². The number of primary amides is 1. The van der Waals surface area contributed by atoms with Crippen molar-refractivity contribution in [3.63, 3.8) is 0 Å². The van der Waals surface area contributed by atoms with E-state index in [2.05, 4.69) is 10.7 Å². The van der Waals surface area contributed by atoms with Crippen LogP contribution in [0.15, 0.2) is 4.99 Å². The summed E-state index contributed by atoms with van der Waals surface area (Å²) in [5.41, 5.74) is 4.47. The first kappa shape index (κ1) is 16.4. The molecule has 0 fully saturated rings. The van der Waals surface area contributed by atoms with E-state index in [0.717, 1.165) is 0 Å². The molecular weight excluding hydrogens is 144 g/mol. The lowest BCUT2D eigenvalue weighted by Gasteiger charge is -1.69. The Bertz CT molecular complexity index is 137. The van der Waals surface area contributed by atoms with Crippen molar-refractivity contribution in [3.05, 3.63) is 0 Å². The van der Waals surface area contributed by atoms with E-state index in [0.29, 0.717) is 0 Å². The molecule has 2 amide bonds. The molecule has 0 radical (unpaired) electrons. The lowest BCUT2D eigenvalue weighted by atomic mass is 10.7. The standard InChI is InChI=1S/C4H7NO.C2H5NO.CH4/c1-3-5-4(2)6;1-2(3)4;/h3H,1-2H3;1H3,(H2,3,4);1H4. The van der Waals surface area contributed by atoms with Crippen LogP contribution in [0, 0.1) is 0 Å². The topological polar surface area (TPSA) is 72.5 Å². The molecule has 0 saturated carbocycles. The molecular formula is C7H16N2O2. The largest absolute Gasteiger partial charge is 0.370 e. The highest BCUT2D eigenvalue weighted by Crippen LogP contribution is 1.63. The van der Waals surface area contributed by atoms with Crippen molar-refractivity contribution < 1.29 is 9.59 Å². The Hall–Kier alpha value is -1.19. The molecule has 0 aliphatic heterocycles. The minimum Gasteiger partial charge on any atom is -0.370 e. The van der Waals surface area contributed by atoms with Crippen molar-refractivity contribution in [3.8, 4) is 0 Å². The summed E-state index contributed by atoms with van der Waals surface area (Å²) < 4.78 is 0. The van der Waals surface area contributed by atoms with E-state index in [1.165, 1.54) is 20.1 Å². The van der Waals surface area contributed by atoms with Gasteiger partial charge >= 0.3 is 0 Å². The molecule has 4 heteroatoms. The highest BCUT2D eigenvalue weighted by Gasteiger charge is 1.73. The Morgan fingerprint density at radius 1 is 1.36 bits per heavy atom. The van der Waals surface area contributed by atoms with Crippen molar-refractivity contribution in [1.82, 2.24) is 0 Å². The van der Waals surface area contributed by atoms with Crippen LogP contribution in [0.2, 0.25) is 0 Å². The van der Waals surface area contributed by atoms with E-state index in [-0.39, 0.29) is 19.2 Å². The smallest absolute Gasteiger partial charge is 0.242 e. The second-order valence-corrected chi connectivity index (χ2v) is 1.52. The summed E-state index contributed by atoms with van der Waals surface area (Å²) in [6.45, 7) is 4.43. The zero-order valence-electron chi connectivity index (χ0n) is 6.42. The SMILES string of the molecule is C.CC(N)=O.CC=NC(C)=O. The molecule has 0 aromatic heterocycles. The van der Waals surface area contributed by atoms with Gasteiger partial charge in [-0.3, -0.25) is 9.59 Å². The second-order valence-electron chi connectivity index (χ2n) is 1.52. The first-order valence-corrected chi connectivity index (χ1v) is 2.76. The predicted molar refractivity (Wildman–Crippen MR) is 46.4 cm³/mol. The van der Waals surface area contributed by atoms with Crippen LogP contribution in [0.4, 0.5) is 0 Å². The van der Waals surface area contributed by atoms with Crippen LogP contribution in [-0.4, -0.2) is 18.0 Å². The third-order valence-electron chi connectivity index (χ3n) is 0.311. The van der Waals surface area contributed by atoms with Gasteiger partial charge in [0.15, 0.2) is 0 Å². The maximum Gasteiger partial charge on any atom is 0.242 e. The van der Waals surface area contributed by atoms with Crippen LogP contribution >= 0.6 is 0 Å². The minimum atomic E-state index is -0.333. The molecule has 2 N–H and O–H groups in total. The molecule has 4 nitrogen and oxygen atoms in total. The Morgan fingerprint density at radius 2 is 1.64 bits per heavy atom.